The Balaban J connectivity index is 1.68. The average molecular weight is 544 g/mol. The van der Waals surface area contributed by atoms with E-state index in [0.29, 0.717) is 12.1 Å². The molecular weight excluding hydrogens is 527 g/mol. The van der Waals surface area contributed by atoms with Crippen LogP contribution in [-0.4, -0.2) is 52.4 Å². The summed E-state index contributed by atoms with van der Waals surface area (Å²) in [4.78, 5) is 19.6. The molecular formula is C20H16F3N5O6S2. The summed E-state index contributed by atoms with van der Waals surface area (Å²) in [5.41, 5.74) is -6.69. The fourth-order valence-electron chi connectivity index (χ4n) is 3.50. The highest BCUT2D eigenvalue weighted by Gasteiger charge is 2.47. The third-order valence-corrected chi connectivity index (χ3v) is 8.83. The van der Waals surface area contributed by atoms with E-state index in [1.165, 1.54) is 30.0 Å². The molecule has 190 valence electrons. The molecule has 0 atom stereocenters. The number of aromatic nitrogens is 5. The molecule has 11 nitrogen and oxygen atoms in total. The highest BCUT2D eigenvalue weighted by Crippen LogP contribution is 2.35. The van der Waals surface area contributed by atoms with E-state index in [9.17, 15) is 34.8 Å². The van der Waals surface area contributed by atoms with Gasteiger partial charge in [0, 0.05) is 6.04 Å². The van der Waals surface area contributed by atoms with Crippen LogP contribution >= 0.6 is 0 Å². The number of rotatable bonds is 6. The number of hydrogen-bond donors (Lipinski definition) is 0. The van der Waals surface area contributed by atoms with E-state index in [-0.39, 0.29) is 39.3 Å². The Morgan fingerprint density at radius 2 is 1.81 bits per heavy atom. The minimum atomic E-state index is -5.65. The quantitative estimate of drug-likeness (QED) is 0.358. The zero-order valence-corrected chi connectivity index (χ0v) is 19.9. The second-order valence-corrected chi connectivity index (χ2v) is 12.2. The number of fused-ring (bicyclic) bond motifs is 1. The lowest BCUT2D eigenvalue weighted by atomic mass is 10.3. The zero-order chi connectivity index (χ0) is 26.0. The maximum atomic E-state index is 13.0. The molecule has 36 heavy (non-hydrogen) atoms. The maximum absolute atomic E-state index is 13.0. The highest BCUT2D eigenvalue weighted by molar-refractivity contribution is 7.92. The molecule has 1 aromatic carbocycles. The van der Waals surface area contributed by atoms with Gasteiger partial charge in [0.05, 0.1) is 15.5 Å². The highest BCUT2D eigenvalue weighted by atomic mass is 32.2. The van der Waals surface area contributed by atoms with E-state index in [2.05, 4.69) is 15.1 Å². The first kappa shape index (κ1) is 24.2. The predicted octanol–water partition coefficient (Wildman–Crippen LogP) is 2.66. The molecule has 0 spiro atoms. The summed E-state index contributed by atoms with van der Waals surface area (Å²) in [5.74, 6) is -0.743. The number of halogens is 3. The van der Waals surface area contributed by atoms with Crippen molar-refractivity contribution in [3.63, 3.8) is 0 Å². The third-order valence-electron chi connectivity index (χ3n) is 5.59. The molecule has 0 amide bonds. The zero-order valence-electron chi connectivity index (χ0n) is 18.3. The first-order chi connectivity index (χ1) is 16.8. The summed E-state index contributed by atoms with van der Waals surface area (Å²) in [6.45, 7) is 1.40. The monoisotopic (exact) mass is 543 g/mol. The Morgan fingerprint density at radius 1 is 1.08 bits per heavy atom. The van der Waals surface area contributed by atoms with Gasteiger partial charge >= 0.3 is 11.2 Å². The fourth-order valence-corrected chi connectivity index (χ4v) is 5.29. The fraction of sp³-hybridized carbons (Fsp3) is 0.300. The van der Waals surface area contributed by atoms with Crippen LogP contribution < -0.4 is 5.69 Å². The molecule has 3 aromatic heterocycles. The largest absolute Gasteiger partial charge is 0.501 e. The van der Waals surface area contributed by atoms with E-state index >= 15 is 0 Å². The summed E-state index contributed by atoms with van der Waals surface area (Å²) in [6, 6.07) is 4.87. The molecule has 0 bridgehead atoms. The van der Waals surface area contributed by atoms with E-state index in [0.717, 1.165) is 23.6 Å². The van der Waals surface area contributed by atoms with Gasteiger partial charge in [0.15, 0.2) is 21.2 Å². The summed E-state index contributed by atoms with van der Waals surface area (Å²) in [6.07, 6.45) is 3.00. The van der Waals surface area contributed by atoms with Crippen molar-refractivity contribution in [3.05, 3.63) is 47.1 Å². The molecule has 1 fully saturated rings. The van der Waals surface area contributed by atoms with Gasteiger partial charge in [0.1, 0.15) is 17.5 Å². The standard InChI is InChI=1S/C20H16F3N5O6S2/c1-2-35(30,31)15-7-8-16(28-19(29)27(10-24-28)11-3-4-11)26-17(15)18-25-13-9-12(5-6-14(13)34-18)36(32,33)20(21,22)23/h5-11H,2-4H2,1H3. The van der Waals surface area contributed by atoms with Gasteiger partial charge in [-0.2, -0.15) is 23.0 Å². The molecule has 1 saturated carbocycles. The number of sulfone groups is 2. The van der Waals surface area contributed by atoms with Crippen molar-refractivity contribution in [2.45, 2.75) is 41.1 Å². The van der Waals surface area contributed by atoms with Crippen LogP contribution in [0.15, 0.2) is 55.7 Å². The van der Waals surface area contributed by atoms with Gasteiger partial charge in [-0.25, -0.2) is 31.6 Å². The molecule has 1 aliphatic carbocycles. The van der Waals surface area contributed by atoms with Crippen molar-refractivity contribution in [1.29, 1.82) is 0 Å². The van der Waals surface area contributed by atoms with Crippen LogP contribution in [0.1, 0.15) is 25.8 Å². The van der Waals surface area contributed by atoms with Crippen molar-refractivity contribution >= 4 is 30.8 Å². The van der Waals surface area contributed by atoms with E-state index in [1.807, 2.05) is 0 Å². The number of benzene rings is 1. The Morgan fingerprint density at radius 3 is 2.44 bits per heavy atom. The van der Waals surface area contributed by atoms with E-state index < -0.39 is 41.7 Å². The molecule has 0 N–H and O–H groups in total. The SMILES string of the molecule is CCS(=O)(=O)c1ccc(-n2ncn(C3CC3)c2=O)nc1-c1nc2cc(S(=O)(=O)C(F)(F)F)ccc2o1. The van der Waals surface area contributed by atoms with Crippen molar-refractivity contribution in [2.75, 3.05) is 5.75 Å². The Bertz CT molecular complexity index is 1780. The van der Waals surface area contributed by atoms with Crippen LogP contribution in [0.4, 0.5) is 13.2 Å². The lowest BCUT2D eigenvalue weighted by molar-refractivity contribution is -0.0435. The van der Waals surface area contributed by atoms with Crippen molar-refractivity contribution in [3.8, 4) is 17.4 Å². The number of oxazole rings is 1. The van der Waals surface area contributed by atoms with E-state index in [4.69, 9.17) is 4.42 Å². The minimum absolute atomic E-state index is 0.0321. The second-order valence-electron chi connectivity index (χ2n) is 7.98. The van der Waals surface area contributed by atoms with Crippen LogP contribution in [0.2, 0.25) is 0 Å². The summed E-state index contributed by atoms with van der Waals surface area (Å²) in [7, 11) is -9.54. The van der Waals surface area contributed by atoms with Crippen molar-refractivity contribution < 1.29 is 34.4 Å². The number of nitrogens with zero attached hydrogens (tertiary/aromatic N) is 5. The smallest absolute Gasteiger partial charge is 0.435 e. The topological polar surface area (TPSA) is 147 Å². The molecule has 3 heterocycles. The Labute approximate surface area is 201 Å². The van der Waals surface area contributed by atoms with Gasteiger partial charge in [-0.1, -0.05) is 6.92 Å². The lowest BCUT2D eigenvalue weighted by Gasteiger charge is -2.08. The first-order valence-corrected chi connectivity index (χ1v) is 13.6. The van der Waals surface area contributed by atoms with Crippen LogP contribution in [0.25, 0.3) is 28.5 Å². The predicted molar refractivity (Wildman–Crippen MR) is 118 cm³/mol. The molecule has 0 saturated heterocycles. The maximum Gasteiger partial charge on any atom is 0.501 e. The van der Waals surface area contributed by atoms with Crippen LogP contribution in [0.3, 0.4) is 0 Å². The Kier molecular flexibility index (Phi) is 5.37. The second kappa shape index (κ2) is 7.99. The van der Waals surface area contributed by atoms with Crippen LogP contribution in [-0.2, 0) is 19.7 Å². The normalized spacial score (nSPS) is 15.0. The molecule has 0 radical (unpaired) electrons. The summed E-state index contributed by atoms with van der Waals surface area (Å²) in [5, 5.41) is 4.03. The summed E-state index contributed by atoms with van der Waals surface area (Å²) >= 11 is 0. The summed E-state index contributed by atoms with van der Waals surface area (Å²) < 4.78 is 95.8. The average Bonchev–Trinajstić information content (AvgIpc) is 3.45. The van der Waals surface area contributed by atoms with Crippen molar-refractivity contribution in [1.82, 2.24) is 24.3 Å². The molecule has 5 rings (SSSR count). The molecule has 16 heteroatoms. The van der Waals surface area contributed by atoms with Gasteiger partial charge in [0.25, 0.3) is 9.84 Å². The minimum Gasteiger partial charge on any atom is -0.435 e. The number of alkyl halides is 3. The molecule has 1 aliphatic rings. The van der Waals surface area contributed by atoms with Gasteiger partial charge in [0.2, 0.25) is 5.89 Å². The lowest BCUT2D eigenvalue weighted by Crippen LogP contribution is -2.24. The third kappa shape index (κ3) is 3.89. The molecule has 0 aliphatic heterocycles. The Hall–Kier alpha value is -3.53. The first-order valence-electron chi connectivity index (χ1n) is 10.5. The van der Waals surface area contributed by atoms with E-state index in [1.54, 1.807) is 0 Å². The van der Waals surface area contributed by atoms with Crippen molar-refractivity contribution in [2.24, 2.45) is 0 Å². The van der Waals surface area contributed by atoms with Gasteiger partial charge in [-0.15, -0.1) is 0 Å². The van der Waals surface area contributed by atoms with Gasteiger partial charge in [-0.05, 0) is 43.2 Å². The van der Waals surface area contributed by atoms with Gasteiger partial charge < -0.3 is 4.42 Å². The van der Waals surface area contributed by atoms with Crippen LogP contribution in [0.5, 0.6) is 0 Å². The number of hydrogen-bond acceptors (Lipinski definition) is 9. The molecule has 0 unspecified atom stereocenters. The molecule has 4 aromatic rings. The van der Waals surface area contributed by atoms with Gasteiger partial charge in [-0.3, -0.25) is 4.57 Å². The van der Waals surface area contributed by atoms with Crippen LogP contribution in [0, 0.1) is 0 Å². The number of pyridine rings is 1.